The topological polar surface area (TPSA) is 55.0 Å². The standard InChI is InChI=1S/C17H15BrN2O2S/c18-15-11-19-17(21)20-16(15)23-9-3-8-22-14-7-6-12-4-1-2-5-13(12)10-14/h1-2,4-7,10-11H,3,8-9H2,(H,19,20,21). The monoisotopic (exact) mass is 390 g/mol. The van der Waals surface area contributed by atoms with Gasteiger partial charge in [0.25, 0.3) is 0 Å². The Morgan fingerprint density at radius 1 is 1.17 bits per heavy atom. The van der Waals surface area contributed by atoms with Crippen molar-refractivity contribution in [1.82, 2.24) is 9.97 Å². The van der Waals surface area contributed by atoms with Gasteiger partial charge in [0.1, 0.15) is 5.75 Å². The smallest absolute Gasteiger partial charge is 0.345 e. The van der Waals surface area contributed by atoms with E-state index in [0.717, 1.165) is 27.4 Å². The normalized spacial score (nSPS) is 10.8. The summed E-state index contributed by atoms with van der Waals surface area (Å²) in [6, 6.07) is 14.3. The van der Waals surface area contributed by atoms with Crippen molar-refractivity contribution in [3.05, 3.63) is 63.6 Å². The molecule has 0 bridgehead atoms. The lowest BCUT2D eigenvalue weighted by atomic mass is 10.1. The van der Waals surface area contributed by atoms with Gasteiger partial charge in [0.2, 0.25) is 0 Å². The van der Waals surface area contributed by atoms with Crippen LogP contribution in [-0.2, 0) is 0 Å². The fourth-order valence-corrected chi connectivity index (χ4v) is 3.51. The molecule has 0 saturated carbocycles. The van der Waals surface area contributed by atoms with E-state index in [0.29, 0.717) is 6.61 Å². The molecule has 0 amide bonds. The third-order valence-electron chi connectivity index (χ3n) is 3.26. The van der Waals surface area contributed by atoms with Crippen molar-refractivity contribution in [3.63, 3.8) is 0 Å². The molecule has 0 radical (unpaired) electrons. The third kappa shape index (κ3) is 4.36. The molecule has 3 rings (SSSR count). The maximum absolute atomic E-state index is 11.2. The average Bonchev–Trinajstić information content (AvgIpc) is 2.57. The molecule has 0 aliphatic heterocycles. The average molecular weight is 391 g/mol. The van der Waals surface area contributed by atoms with E-state index in [2.05, 4.69) is 50.2 Å². The van der Waals surface area contributed by atoms with Crippen LogP contribution in [0.4, 0.5) is 0 Å². The summed E-state index contributed by atoms with van der Waals surface area (Å²) in [5, 5.41) is 3.19. The van der Waals surface area contributed by atoms with Crippen molar-refractivity contribution in [2.75, 3.05) is 12.4 Å². The predicted octanol–water partition coefficient (Wildman–Crippen LogP) is 4.25. The van der Waals surface area contributed by atoms with Gasteiger partial charge >= 0.3 is 5.69 Å². The molecule has 0 saturated heterocycles. The SMILES string of the molecule is O=c1ncc(Br)c(SCCCOc2ccc3ccccc3c2)[nH]1. The van der Waals surface area contributed by atoms with Crippen LogP contribution < -0.4 is 10.4 Å². The summed E-state index contributed by atoms with van der Waals surface area (Å²) in [6.45, 7) is 0.637. The molecular weight excluding hydrogens is 376 g/mol. The maximum atomic E-state index is 11.2. The van der Waals surface area contributed by atoms with Crippen molar-refractivity contribution in [3.8, 4) is 5.75 Å². The zero-order valence-corrected chi connectivity index (χ0v) is 14.7. The number of hydrogen-bond acceptors (Lipinski definition) is 4. The number of benzene rings is 2. The Morgan fingerprint density at radius 3 is 2.87 bits per heavy atom. The Hall–Kier alpha value is -1.79. The van der Waals surface area contributed by atoms with Crippen LogP contribution in [0, 0.1) is 0 Å². The minimum absolute atomic E-state index is 0.330. The maximum Gasteiger partial charge on any atom is 0.345 e. The van der Waals surface area contributed by atoms with Crippen LogP contribution in [0.25, 0.3) is 10.8 Å². The molecule has 1 N–H and O–H groups in total. The molecule has 0 atom stereocenters. The highest BCUT2D eigenvalue weighted by Crippen LogP contribution is 2.24. The van der Waals surface area contributed by atoms with Gasteiger partial charge in [-0.05, 0) is 45.3 Å². The van der Waals surface area contributed by atoms with Crippen LogP contribution in [0.5, 0.6) is 5.75 Å². The van der Waals surface area contributed by atoms with Gasteiger partial charge in [0.15, 0.2) is 0 Å². The largest absolute Gasteiger partial charge is 0.494 e. The second kappa shape index (κ2) is 7.66. The number of rotatable bonds is 6. The molecule has 1 aromatic heterocycles. The fourth-order valence-electron chi connectivity index (χ4n) is 2.15. The second-order valence-electron chi connectivity index (χ2n) is 4.92. The molecule has 0 unspecified atom stereocenters. The highest BCUT2D eigenvalue weighted by Gasteiger charge is 2.03. The van der Waals surface area contributed by atoms with E-state index in [1.807, 2.05) is 18.2 Å². The molecule has 4 nitrogen and oxygen atoms in total. The lowest BCUT2D eigenvalue weighted by Gasteiger charge is -2.07. The van der Waals surface area contributed by atoms with Gasteiger partial charge in [0.05, 0.1) is 16.1 Å². The van der Waals surface area contributed by atoms with Crippen LogP contribution in [-0.4, -0.2) is 22.3 Å². The number of hydrogen-bond donors (Lipinski definition) is 1. The zero-order valence-electron chi connectivity index (χ0n) is 12.3. The molecule has 1 heterocycles. The molecule has 3 aromatic rings. The molecular formula is C17H15BrN2O2S. The van der Waals surface area contributed by atoms with E-state index < -0.39 is 0 Å². The Bertz CT molecular complexity index is 866. The first-order valence-corrected chi connectivity index (χ1v) is 8.99. The lowest BCUT2D eigenvalue weighted by molar-refractivity contribution is 0.319. The summed E-state index contributed by atoms with van der Waals surface area (Å²) in [6.07, 6.45) is 2.40. The van der Waals surface area contributed by atoms with Gasteiger partial charge in [0, 0.05) is 11.9 Å². The van der Waals surface area contributed by atoms with E-state index in [9.17, 15) is 4.79 Å². The molecule has 0 aliphatic rings. The van der Waals surface area contributed by atoms with Crippen molar-refractivity contribution in [2.24, 2.45) is 0 Å². The van der Waals surface area contributed by atoms with Crippen molar-refractivity contribution < 1.29 is 4.74 Å². The summed E-state index contributed by atoms with van der Waals surface area (Å²) in [4.78, 5) is 17.6. The summed E-state index contributed by atoms with van der Waals surface area (Å²) in [5.74, 6) is 1.73. The summed E-state index contributed by atoms with van der Waals surface area (Å²) >= 11 is 4.95. The highest BCUT2D eigenvalue weighted by atomic mass is 79.9. The van der Waals surface area contributed by atoms with Crippen LogP contribution in [0.1, 0.15) is 6.42 Å². The predicted molar refractivity (Wildman–Crippen MR) is 97.3 cm³/mol. The minimum atomic E-state index is -0.330. The minimum Gasteiger partial charge on any atom is -0.494 e. The molecule has 2 aromatic carbocycles. The Kier molecular flexibility index (Phi) is 5.35. The molecule has 0 fully saturated rings. The number of thioether (sulfide) groups is 1. The molecule has 0 aliphatic carbocycles. The first-order valence-electron chi connectivity index (χ1n) is 7.21. The second-order valence-corrected chi connectivity index (χ2v) is 6.88. The van der Waals surface area contributed by atoms with E-state index in [-0.39, 0.29) is 5.69 Å². The van der Waals surface area contributed by atoms with Crippen molar-refractivity contribution in [2.45, 2.75) is 11.4 Å². The lowest BCUT2D eigenvalue weighted by Crippen LogP contribution is -2.10. The van der Waals surface area contributed by atoms with Crippen LogP contribution in [0.2, 0.25) is 0 Å². The summed E-state index contributed by atoms with van der Waals surface area (Å²) in [5.41, 5.74) is -0.330. The van der Waals surface area contributed by atoms with Crippen LogP contribution in [0.3, 0.4) is 0 Å². The Morgan fingerprint density at radius 2 is 2.00 bits per heavy atom. The quantitative estimate of drug-likeness (QED) is 0.388. The number of nitrogens with zero attached hydrogens (tertiary/aromatic N) is 1. The first kappa shape index (κ1) is 16.1. The van der Waals surface area contributed by atoms with Gasteiger partial charge in [-0.15, -0.1) is 11.8 Å². The van der Waals surface area contributed by atoms with Crippen LogP contribution in [0.15, 0.2) is 63.0 Å². The number of halogens is 1. The number of ether oxygens (including phenoxy) is 1. The van der Waals surface area contributed by atoms with Gasteiger partial charge in [-0.1, -0.05) is 30.3 Å². The molecule has 6 heteroatoms. The summed E-state index contributed by atoms with van der Waals surface area (Å²) < 4.78 is 6.60. The molecule has 23 heavy (non-hydrogen) atoms. The van der Waals surface area contributed by atoms with Gasteiger partial charge in [-0.2, -0.15) is 0 Å². The van der Waals surface area contributed by atoms with Gasteiger partial charge in [-0.3, -0.25) is 4.98 Å². The zero-order chi connectivity index (χ0) is 16.1. The highest BCUT2D eigenvalue weighted by molar-refractivity contribution is 9.10. The first-order chi connectivity index (χ1) is 11.2. The van der Waals surface area contributed by atoms with E-state index in [4.69, 9.17) is 4.74 Å². The molecule has 0 spiro atoms. The number of aromatic nitrogens is 2. The van der Waals surface area contributed by atoms with E-state index in [1.54, 1.807) is 11.8 Å². The van der Waals surface area contributed by atoms with Gasteiger partial charge in [-0.25, -0.2) is 9.78 Å². The number of nitrogens with one attached hydrogen (secondary N) is 1. The van der Waals surface area contributed by atoms with Gasteiger partial charge < -0.3 is 4.74 Å². The van der Waals surface area contributed by atoms with E-state index in [1.165, 1.54) is 17.0 Å². The summed E-state index contributed by atoms with van der Waals surface area (Å²) in [7, 11) is 0. The fraction of sp³-hybridized carbons (Fsp3) is 0.176. The van der Waals surface area contributed by atoms with Crippen molar-refractivity contribution in [1.29, 1.82) is 0 Å². The van der Waals surface area contributed by atoms with Crippen molar-refractivity contribution >= 4 is 38.5 Å². The number of aromatic amines is 1. The van der Waals surface area contributed by atoms with Crippen LogP contribution >= 0.6 is 27.7 Å². The Labute approximate surface area is 146 Å². The number of fused-ring (bicyclic) bond motifs is 1. The molecule has 118 valence electrons. The van der Waals surface area contributed by atoms with E-state index >= 15 is 0 Å². The number of H-pyrrole nitrogens is 1. The Balaban J connectivity index is 1.49. The third-order valence-corrected chi connectivity index (χ3v) is 5.22.